The second kappa shape index (κ2) is 7.58. The fraction of sp³-hybridized carbons (Fsp3) is 0.727. The molecule has 0 saturated heterocycles. The Kier molecular flexibility index (Phi) is 6.42. The standard InChI is InChI=1S/C11H18N2O3S2/c1-5-6-15-9(14)8(4)17-11-13-12-10(18-11)16-7(2)3/h7-8H,5-6H2,1-4H3/t8-/m0/s1. The monoisotopic (exact) mass is 290 g/mol. The van der Waals surface area contributed by atoms with Crippen LogP contribution >= 0.6 is 23.1 Å². The van der Waals surface area contributed by atoms with Gasteiger partial charge in [0.1, 0.15) is 5.25 Å². The molecule has 0 spiro atoms. The maximum Gasteiger partial charge on any atom is 0.319 e. The average Bonchev–Trinajstić information content (AvgIpc) is 2.72. The van der Waals surface area contributed by atoms with Gasteiger partial charge in [-0.1, -0.05) is 23.8 Å². The van der Waals surface area contributed by atoms with Crippen LogP contribution in [0.4, 0.5) is 0 Å². The van der Waals surface area contributed by atoms with Crippen LogP contribution in [0.3, 0.4) is 0 Å². The molecule has 1 rings (SSSR count). The van der Waals surface area contributed by atoms with Crippen molar-refractivity contribution in [2.75, 3.05) is 6.61 Å². The topological polar surface area (TPSA) is 61.3 Å². The molecule has 18 heavy (non-hydrogen) atoms. The predicted molar refractivity (Wildman–Crippen MR) is 72.2 cm³/mol. The second-order valence-corrected chi connectivity index (χ2v) is 6.46. The minimum atomic E-state index is -0.281. The lowest BCUT2D eigenvalue weighted by Crippen LogP contribution is -2.17. The zero-order valence-electron chi connectivity index (χ0n) is 11.0. The molecule has 1 aromatic heterocycles. The van der Waals surface area contributed by atoms with Crippen molar-refractivity contribution >= 4 is 29.1 Å². The zero-order chi connectivity index (χ0) is 13.5. The van der Waals surface area contributed by atoms with E-state index in [1.807, 2.05) is 20.8 Å². The molecule has 1 aromatic rings. The molecule has 0 aliphatic carbocycles. The molecule has 0 N–H and O–H groups in total. The first-order valence-electron chi connectivity index (χ1n) is 5.86. The molecule has 0 aliphatic rings. The molecule has 7 heteroatoms. The van der Waals surface area contributed by atoms with Crippen molar-refractivity contribution in [3.63, 3.8) is 0 Å². The summed E-state index contributed by atoms with van der Waals surface area (Å²) in [4.78, 5) is 11.6. The third-order valence-electron chi connectivity index (χ3n) is 1.78. The van der Waals surface area contributed by atoms with Crippen molar-refractivity contribution in [1.29, 1.82) is 0 Å². The largest absolute Gasteiger partial charge is 0.466 e. The molecular formula is C11H18N2O3S2. The van der Waals surface area contributed by atoms with Gasteiger partial charge in [-0.15, -0.1) is 5.10 Å². The minimum Gasteiger partial charge on any atom is -0.466 e. The second-order valence-electron chi connectivity index (χ2n) is 3.93. The van der Waals surface area contributed by atoms with E-state index in [4.69, 9.17) is 9.47 Å². The van der Waals surface area contributed by atoms with Gasteiger partial charge in [-0.25, -0.2) is 0 Å². The predicted octanol–water partition coefficient (Wildman–Crippen LogP) is 2.76. The average molecular weight is 290 g/mol. The number of rotatable bonds is 7. The summed E-state index contributed by atoms with van der Waals surface area (Å²) in [6.45, 7) is 8.08. The quantitative estimate of drug-likeness (QED) is 0.568. The lowest BCUT2D eigenvalue weighted by atomic mass is 10.5. The summed E-state index contributed by atoms with van der Waals surface area (Å²) >= 11 is 2.68. The van der Waals surface area contributed by atoms with Crippen LogP contribution in [-0.2, 0) is 9.53 Å². The van der Waals surface area contributed by atoms with Crippen LogP contribution in [0.25, 0.3) is 0 Å². The highest BCUT2D eigenvalue weighted by Gasteiger charge is 2.18. The molecule has 1 atom stereocenters. The molecule has 1 heterocycles. The van der Waals surface area contributed by atoms with Gasteiger partial charge in [0.15, 0.2) is 4.34 Å². The summed E-state index contributed by atoms with van der Waals surface area (Å²) in [7, 11) is 0. The summed E-state index contributed by atoms with van der Waals surface area (Å²) in [5, 5.41) is 8.12. The van der Waals surface area contributed by atoms with E-state index < -0.39 is 0 Å². The minimum absolute atomic E-state index is 0.0720. The number of nitrogens with zero attached hydrogens (tertiary/aromatic N) is 2. The molecule has 0 aromatic carbocycles. The molecule has 0 radical (unpaired) electrons. The zero-order valence-corrected chi connectivity index (χ0v) is 12.6. The Morgan fingerprint density at radius 2 is 2.11 bits per heavy atom. The number of esters is 1. The van der Waals surface area contributed by atoms with Gasteiger partial charge in [-0.3, -0.25) is 4.79 Å². The van der Waals surface area contributed by atoms with Gasteiger partial charge in [0, 0.05) is 0 Å². The van der Waals surface area contributed by atoms with Crippen molar-refractivity contribution in [3.8, 4) is 5.19 Å². The number of carbonyl (C=O) groups excluding carboxylic acids is 1. The van der Waals surface area contributed by atoms with Gasteiger partial charge in [0.25, 0.3) is 5.19 Å². The maximum atomic E-state index is 11.6. The Balaban J connectivity index is 2.46. The van der Waals surface area contributed by atoms with Crippen molar-refractivity contribution < 1.29 is 14.3 Å². The van der Waals surface area contributed by atoms with Crippen molar-refractivity contribution in [3.05, 3.63) is 0 Å². The summed E-state index contributed by atoms with van der Waals surface area (Å²) in [5.74, 6) is -0.219. The van der Waals surface area contributed by atoms with Crippen LogP contribution in [0.15, 0.2) is 4.34 Å². The van der Waals surface area contributed by atoms with E-state index in [9.17, 15) is 4.79 Å². The van der Waals surface area contributed by atoms with Gasteiger partial charge in [0.05, 0.1) is 12.7 Å². The van der Waals surface area contributed by atoms with Crippen LogP contribution in [0.2, 0.25) is 0 Å². The fourth-order valence-electron chi connectivity index (χ4n) is 1.01. The number of hydrogen-bond donors (Lipinski definition) is 0. The molecular weight excluding hydrogens is 272 g/mol. The summed E-state index contributed by atoms with van der Waals surface area (Å²) in [6, 6.07) is 0. The number of hydrogen-bond acceptors (Lipinski definition) is 7. The Hall–Kier alpha value is -0.820. The molecule has 0 saturated carbocycles. The van der Waals surface area contributed by atoms with E-state index in [2.05, 4.69) is 10.2 Å². The lowest BCUT2D eigenvalue weighted by Gasteiger charge is -2.08. The molecule has 0 fully saturated rings. The van der Waals surface area contributed by atoms with E-state index in [0.29, 0.717) is 16.1 Å². The van der Waals surface area contributed by atoms with E-state index in [1.165, 1.54) is 23.1 Å². The van der Waals surface area contributed by atoms with E-state index in [1.54, 1.807) is 6.92 Å². The Morgan fingerprint density at radius 3 is 2.72 bits per heavy atom. The molecule has 0 amide bonds. The van der Waals surface area contributed by atoms with Crippen LogP contribution in [0.5, 0.6) is 5.19 Å². The van der Waals surface area contributed by atoms with Crippen molar-refractivity contribution in [2.24, 2.45) is 0 Å². The van der Waals surface area contributed by atoms with Gasteiger partial charge in [-0.2, -0.15) is 0 Å². The third-order valence-corrected chi connectivity index (χ3v) is 3.76. The van der Waals surface area contributed by atoms with Gasteiger partial charge < -0.3 is 9.47 Å². The first-order valence-corrected chi connectivity index (χ1v) is 7.56. The first kappa shape index (κ1) is 15.2. The maximum absolute atomic E-state index is 11.6. The first-order chi connectivity index (χ1) is 8.52. The Bertz CT molecular complexity index is 382. The van der Waals surface area contributed by atoms with Crippen molar-refractivity contribution in [1.82, 2.24) is 10.2 Å². The van der Waals surface area contributed by atoms with Crippen LogP contribution < -0.4 is 4.74 Å². The van der Waals surface area contributed by atoms with Crippen LogP contribution in [-0.4, -0.2) is 34.1 Å². The highest BCUT2D eigenvalue weighted by molar-refractivity contribution is 8.02. The number of carbonyl (C=O) groups is 1. The molecule has 102 valence electrons. The van der Waals surface area contributed by atoms with Crippen molar-refractivity contribution in [2.45, 2.75) is 49.8 Å². The number of thioether (sulfide) groups is 1. The van der Waals surface area contributed by atoms with Gasteiger partial charge in [0.2, 0.25) is 0 Å². The van der Waals surface area contributed by atoms with Crippen LogP contribution in [0, 0.1) is 0 Å². The third kappa shape index (κ3) is 5.22. The summed E-state index contributed by atoms with van der Waals surface area (Å²) in [5.41, 5.74) is 0. The summed E-state index contributed by atoms with van der Waals surface area (Å²) < 4.78 is 11.2. The molecule has 0 unspecified atom stereocenters. The van der Waals surface area contributed by atoms with Gasteiger partial charge >= 0.3 is 5.97 Å². The van der Waals surface area contributed by atoms with E-state index in [-0.39, 0.29) is 17.3 Å². The lowest BCUT2D eigenvalue weighted by molar-refractivity contribution is -0.142. The fourth-order valence-corrected chi connectivity index (χ4v) is 2.96. The molecule has 0 aliphatic heterocycles. The normalized spacial score (nSPS) is 12.5. The highest BCUT2D eigenvalue weighted by atomic mass is 32.2. The molecule has 5 nitrogen and oxygen atoms in total. The highest BCUT2D eigenvalue weighted by Crippen LogP contribution is 2.30. The van der Waals surface area contributed by atoms with E-state index in [0.717, 1.165) is 6.42 Å². The number of aromatic nitrogens is 2. The van der Waals surface area contributed by atoms with E-state index >= 15 is 0 Å². The van der Waals surface area contributed by atoms with Crippen LogP contribution in [0.1, 0.15) is 34.1 Å². The SMILES string of the molecule is CCCOC(=O)[C@H](C)Sc1nnc(OC(C)C)s1. The molecule has 0 bridgehead atoms. The Labute approximate surface area is 115 Å². The number of ether oxygens (including phenoxy) is 2. The summed E-state index contributed by atoms with van der Waals surface area (Å²) in [6.07, 6.45) is 0.900. The Morgan fingerprint density at radius 1 is 1.39 bits per heavy atom. The smallest absolute Gasteiger partial charge is 0.319 e. The van der Waals surface area contributed by atoms with Gasteiger partial charge in [-0.05, 0) is 38.5 Å².